The molecule has 0 aliphatic carbocycles. The van der Waals surface area contributed by atoms with E-state index in [0.29, 0.717) is 6.42 Å². The first kappa shape index (κ1) is 19.9. The number of rotatable bonds is 7. The Morgan fingerprint density at radius 3 is 2.52 bits per heavy atom. The van der Waals surface area contributed by atoms with Gasteiger partial charge in [-0.1, -0.05) is 38.0 Å². The fraction of sp³-hybridized carbons (Fsp3) is 0.300. The summed E-state index contributed by atoms with van der Waals surface area (Å²) in [6.45, 7) is 2.03. The number of aromatic nitrogens is 1. The van der Waals surface area contributed by atoms with E-state index in [0.717, 1.165) is 12.8 Å². The molecular formula is C20H19FN4O2. The minimum absolute atomic E-state index is 0.0481. The summed E-state index contributed by atoms with van der Waals surface area (Å²) in [7, 11) is 1.31. The number of unbranched alkanes of at least 4 members (excludes halogenated alkanes) is 2. The number of pyridine rings is 1. The Morgan fingerprint density at radius 2 is 1.93 bits per heavy atom. The van der Waals surface area contributed by atoms with Gasteiger partial charge in [0.25, 0.3) is 0 Å². The van der Waals surface area contributed by atoms with Crippen molar-refractivity contribution >= 4 is 11.7 Å². The molecule has 0 bridgehead atoms. The van der Waals surface area contributed by atoms with Crippen molar-refractivity contribution in [3.8, 4) is 29.1 Å². The number of hydrogen-bond donors (Lipinski definition) is 1. The standard InChI is InChI=1S/C20H19FN4O2/c1-3-4-5-10-17(26)24-19-14(11-22)18(13-8-6-7-9-16(13)21)15(12-23)20(25-19)27-2/h6-9H,3-5,10H2,1-2H3,(H,24,25,26). The van der Waals surface area contributed by atoms with Crippen molar-refractivity contribution < 1.29 is 13.9 Å². The number of carbonyl (C=O) groups is 1. The van der Waals surface area contributed by atoms with Gasteiger partial charge in [-0.25, -0.2) is 4.39 Å². The first-order chi connectivity index (χ1) is 13.1. The Balaban J connectivity index is 2.62. The molecule has 0 saturated carbocycles. The number of carbonyl (C=O) groups excluding carboxylic acids is 1. The minimum Gasteiger partial charge on any atom is -0.480 e. The van der Waals surface area contributed by atoms with Crippen LogP contribution in [0.2, 0.25) is 0 Å². The third-order valence-electron chi connectivity index (χ3n) is 3.99. The largest absolute Gasteiger partial charge is 0.480 e. The zero-order valence-electron chi connectivity index (χ0n) is 15.2. The number of benzene rings is 1. The van der Waals surface area contributed by atoms with E-state index in [-0.39, 0.29) is 46.3 Å². The molecule has 0 atom stereocenters. The number of nitrogens with zero attached hydrogens (tertiary/aromatic N) is 3. The molecule has 1 aromatic heterocycles. The molecule has 0 aliphatic rings. The van der Waals surface area contributed by atoms with Crippen LogP contribution in [0.3, 0.4) is 0 Å². The lowest BCUT2D eigenvalue weighted by Gasteiger charge is -2.15. The normalized spacial score (nSPS) is 9.96. The second-order valence-electron chi connectivity index (χ2n) is 5.80. The second kappa shape index (κ2) is 9.30. The lowest BCUT2D eigenvalue weighted by molar-refractivity contribution is -0.116. The number of anilines is 1. The van der Waals surface area contributed by atoms with E-state index < -0.39 is 5.82 Å². The monoisotopic (exact) mass is 366 g/mol. The highest BCUT2D eigenvalue weighted by atomic mass is 19.1. The summed E-state index contributed by atoms with van der Waals surface area (Å²) in [5, 5.41) is 21.8. The molecule has 6 nitrogen and oxygen atoms in total. The number of hydrogen-bond acceptors (Lipinski definition) is 5. The SMILES string of the molecule is CCCCCC(=O)Nc1nc(OC)c(C#N)c(-c2ccccc2F)c1C#N. The smallest absolute Gasteiger partial charge is 0.234 e. The highest BCUT2D eigenvalue weighted by Gasteiger charge is 2.24. The summed E-state index contributed by atoms with van der Waals surface area (Å²) in [4.78, 5) is 16.3. The lowest BCUT2D eigenvalue weighted by atomic mass is 9.96. The topological polar surface area (TPSA) is 98.8 Å². The van der Waals surface area contributed by atoms with E-state index in [9.17, 15) is 19.7 Å². The van der Waals surface area contributed by atoms with Crippen molar-refractivity contribution in [1.82, 2.24) is 4.98 Å². The van der Waals surface area contributed by atoms with Crippen LogP contribution in [0.15, 0.2) is 24.3 Å². The Labute approximate surface area is 157 Å². The van der Waals surface area contributed by atoms with E-state index in [2.05, 4.69) is 10.3 Å². The van der Waals surface area contributed by atoms with E-state index in [1.54, 1.807) is 6.07 Å². The number of nitriles is 2. The molecule has 27 heavy (non-hydrogen) atoms. The molecule has 0 aliphatic heterocycles. The molecule has 1 amide bonds. The summed E-state index contributed by atoms with van der Waals surface area (Å²) in [5.74, 6) is -1.04. The number of amides is 1. The van der Waals surface area contributed by atoms with E-state index in [1.165, 1.54) is 25.3 Å². The molecule has 1 N–H and O–H groups in total. The number of methoxy groups -OCH3 is 1. The number of halogens is 1. The average molecular weight is 366 g/mol. The van der Waals surface area contributed by atoms with Crippen LogP contribution in [-0.4, -0.2) is 18.0 Å². The van der Waals surface area contributed by atoms with Crippen LogP contribution in [0.25, 0.3) is 11.1 Å². The molecule has 2 aromatic rings. The van der Waals surface area contributed by atoms with Gasteiger partial charge in [-0.3, -0.25) is 4.79 Å². The third kappa shape index (κ3) is 4.39. The fourth-order valence-electron chi connectivity index (χ4n) is 2.68. The summed E-state index contributed by atoms with van der Waals surface area (Å²) in [6.07, 6.45) is 2.86. The molecule has 1 heterocycles. The third-order valence-corrected chi connectivity index (χ3v) is 3.99. The van der Waals surface area contributed by atoms with Gasteiger partial charge in [0.05, 0.1) is 7.11 Å². The van der Waals surface area contributed by atoms with Crippen LogP contribution in [0.1, 0.15) is 43.7 Å². The van der Waals surface area contributed by atoms with Crippen LogP contribution < -0.4 is 10.1 Å². The predicted molar refractivity (Wildman–Crippen MR) is 98.4 cm³/mol. The predicted octanol–water partition coefficient (Wildman–Crippen LogP) is 4.16. The summed E-state index contributed by atoms with van der Waals surface area (Å²) in [5.41, 5.74) is -0.0361. The first-order valence-corrected chi connectivity index (χ1v) is 8.54. The number of ether oxygens (including phenoxy) is 1. The van der Waals surface area contributed by atoms with Gasteiger partial charge >= 0.3 is 0 Å². The van der Waals surface area contributed by atoms with E-state index in [1.807, 2.05) is 19.1 Å². The first-order valence-electron chi connectivity index (χ1n) is 8.54. The quantitative estimate of drug-likeness (QED) is 0.742. The summed E-state index contributed by atoms with van der Waals surface area (Å²) in [6, 6.07) is 9.64. The van der Waals surface area contributed by atoms with Crippen molar-refractivity contribution in [3.05, 3.63) is 41.2 Å². The van der Waals surface area contributed by atoms with Gasteiger partial charge in [-0.05, 0) is 12.5 Å². The van der Waals surface area contributed by atoms with Gasteiger partial charge in [0.1, 0.15) is 29.1 Å². The van der Waals surface area contributed by atoms with Crippen molar-refractivity contribution in [3.63, 3.8) is 0 Å². The Hall–Kier alpha value is -3.45. The zero-order chi connectivity index (χ0) is 19.8. The molecule has 7 heteroatoms. The Bertz CT molecular complexity index is 929. The van der Waals surface area contributed by atoms with Crippen molar-refractivity contribution in [1.29, 1.82) is 10.5 Å². The van der Waals surface area contributed by atoms with Gasteiger partial charge in [0.15, 0.2) is 5.82 Å². The zero-order valence-corrected chi connectivity index (χ0v) is 15.2. The molecule has 138 valence electrons. The van der Waals surface area contributed by atoms with E-state index in [4.69, 9.17) is 4.74 Å². The molecule has 0 saturated heterocycles. The van der Waals surface area contributed by atoms with E-state index >= 15 is 0 Å². The molecule has 0 unspecified atom stereocenters. The molecule has 0 radical (unpaired) electrons. The minimum atomic E-state index is -0.598. The van der Waals surface area contributed by atoms with Crippen LogP contribution in [-0.2, 0) is 4.79 Å². The molecule has 0 spiro atoms. The van der Waals surface area contributed by atoms with Gasteiger partial charge in [0.2, 0.25) is 11.8 Å². The summed E-state index contributed by atoms with van der Waals surface area (Å²) < 4.78 is 19.5. The van der Waals surface area contributed by atoms with Gasteiger partial charge in [-0.15, -0.1) is 0 Å². The number of nitrogens with one attached hydrogen (secondary N) is 1. The van der Waals surface area contributed by atoms with Gasteiger partial charge in [0, 0.05) is 17.5 Å². The van der Waals surface area contributed by atoms with Crippen LogP contribution in [0.4, 0.5) is 10.2 Å². The maximum absolute atomic E-state index is 14.4. The van der Waals surface area contributed by atoms with Crippen LogP contribution in [0.5, 0.6) is 5.88 Å². The van der Waals surface area contributed by atoms with Crippen molar-refractivity contribution in [2.45, 2.75) is 32.6 Å². The average Bonchev–Trinajstić information content (AvgIpc) is 2.67. The van der Waals surface area contributed by atoms with Crippen molar-refractivity contribution in [2.75, 3.05) is 12.4 Å². The van der Waals surface area contributed by atoms with Gasteiger partial charge < -0.3 is 10.1 Å². The van der Waals surface area contributed by atoms with Gasteiger partial charge in [-0.2, -0.15) is 15.5 Å². The molecular weight excluding hydrogens is 347 g/mol. The van der Waals surface area contributed by atoms with Crippen LogP contribution >= 0.6 is 0 Å². The maximum Gasteiger partial charge on any atom is 0.234 e. The highest BCUT2D eigenvalue weighted by molar-refractivity contribution is 5.94. The Kier molecular flexibility index (Phi) is 6.85. The van der Waals surface area contributed by atoms with Crippen molar-refractivity contribution in [2.24, 2.45) is 0 Å². The fourth-order valence-corrected chi connectivity index (χ4v) is 2.68. The maximum atomic E-state index is 14.4. The highest BCUT2D eigenvalue weighted by Crippen LogP contribution is 2.37. The molecule has 2 rings (SSSR count). The summed E-state index contributed by atoms with van der Waals surface area (Å²) >= 11 is 0. The molecule has 0 fully saturated rings. The molecule has 1 aromatic carbocycles. The van der Waals surface area contributed by atoms with Crippen LogP contribution in [0, 0.1) is 28.5 Å². The lowest BCUT2D eigenvalue weighted by Crippen LogP contribution is -2.15. The Morgan fingerprint density at radius 1 is 1.22 bits per heavy atom. The second-order valence-corrected chi connectivity index (χ2v) is 5.80.